The summed E-state index contributed by atoms with van der Waals surface area (Å²) in [5.74, 6) is 0.849. The molecule has 0 N–H and O–H groups in total. The lowest BCUT2D eigenvalue weighted by atomic mass is 10.1. The zero-order valence-electron chi connectivity index (χ0n) is 15.9. The largest absolute Gasteiger partial charge is 0.497 e. The minimum absolute atomic E-state index is 0.0308. The highest BCUT2D eigenvalue weighted by Gasteiger charge is 2.23. The number of hydrogen-bond acceptors (Lipinski definition) is 7. The van der Waals surface area contributed by atoms with Crippen LogP contribution in [0.1, 0.15) is 5.56 Å². The molecule has 1 amide bonds. The summed E-state index contributed by atoms with van der Waals surface area (Å²) in [6.45, 7) is 2.71. The average molecular weight is 412 g/mol. The zero-order valence-corrected chi connectivity index (χ0v) is 16.7. The molecule has 2 aromatic carbocycles. The first-order valence-corrected chi connectivity index (χ1v) is 10.1. The number of fused-ring (bicyclic) bond motifs is 1. The summed E-state index contributed by atoms with van der Waals surface area (Å²) in [6, 6.07) is 12.0. The number of nitro groups is 1. The predicted octanol–water partition coefficient (Wildman–Crippen LogP) is 3.10. The lowest BCUT2D eigenvalue weighted by Gasteiger charge is -2.34. The molecule has 1 aliphatic heterocycles. The third-order valence-corrected chi connectivity index (χ3v) is 6.07. The highest BCUT2D eigenvalue weighted by Crippen LogP contribution is 2.31. The van der Waals surface area contributed by atoms with Crippen molar-refractivity contribution in [1.82, 2.24) is 9.88 Å². The van der Waals surface area contributed by atoms with E-state index in [-0.39, 0.29) is 18.0 Å². The lowest BCUT2D eigenvalue weighted by Crippen LogP contribution is -2.49. The molecule has 2 heterocycles. The van der Waals surface area contributed by atoms with Crippen molar-refractivity contribution in [3.63, 3.8) is 0 Å². The number of carbonyl (C=O) groups excluding carboxylic acids is 1. The van der Waals surface area contributed by atoms with Crippen molar-refractivity contribution in [2.75, 3.05) is 38.2 Å². The Morgan fingerprint density at radius 1 is 1.17 bits per heavy atom. The molecule has 0 unspecified atom stereocenters. The minimum atomic E-state index is -0.442. The third-order valence-electron chi connectivity index (χ3n) is 4.99. The highest BCUT2D eigenvalue weighted by atomic mass is 32.1. The molecule has 9 heteroatoms. The Hall–Kier alpha value is -3.20. The number of non-ortho nitro benzene ring substituents is 1. The standard InChI is InChI=1S/C20H20N4O4S/c1-28-16-6-7-17-18(13-16)29-20(21-17)23-10-8-22(9-11-23)19(25)12-14-2-4-15(5-3-14)24(26)27/h2-7,13H,8-12H2,1H3. The molecular formula is C20H20N4O4S. The molecule has 3 aromatic rings. The van der Waals surface area contributed by atoms with Crippen LogP contribution in [0.2, 0.25) is 0 Å². The van der Waals surface area contributed by atoms with Crippen molar-refractivity contribution in [3.05, 3.63) is 58.1 Å². The lowest BCUT2D eigenvalue weighted by molar-refractivity contribution is -0.384. The molecule has 0 aliphatic carbocycles. The maximum atomic E-state index is 12.6. The van der Waals surface area contributed by atoms with Crippen LogP contribution in [-0.4, -0.2) is 54.0 Å². The van der Waals surface area contributed by atoms with Crippen molar-refractivity contribution >= 4 is 38.3 Å². The van der Waals surface area contributed by atoms with Crippen molar-refractivity contribution < 1.29 is 14.5 Å². The van der Waals surface area contributed by atoms with E-state index in [2.05, 4.69) is 4.90 Å². The average Bonchev–Trinajstić information content (AvgIpc) is 3.17. The summed E-state index contributed by atoms with van der Waals surface area (Å²) in [4.78, 5) is 31.6. The molecule has 0 bridgehead atoms. The fourth-order valence-electron chi connectivity index (χ4n) is 3.32. The van der Waals surface area contributed by atoms with E-state index >= 15 is 0 Å². The molecule has 150 valence electrons. The quantitative estimate of drug-likeness (QED) is 0.473. The van der Waals surface area contributed by atoms with Crippen LogP contribution in [0.5, 0.6) is 5.75 Å². The van der Waals surface area contributed by atoms with Crippen LogP contribution < -0.4 is 9.64 Å². The number of rotatable bonds is 5. The Morgan fingerprint density at radius 2 is 1.90 bits per heavy atom. The summed E-state index contributed by atoms with van der Waals surface area (Å²) < 4.78 is 6.35. The molecule has 0 atom stereocenters. The molecule has 1 fully saturated rings. The van der Waals surface area contributed by atoms with Gasteiger partial charge in [-0.2, -0.15) is 0 Å². The van der Waals surface area contributed by atoms with Gasteiger partial charge in [0.2, 0.25) is 5.91 Å². The molecule has 0 radical (unpaired) electrons. The van der Waals surface area contributed by atoms with Crippen LogP contribution in [0.25, 0.3) is 10.2 Å². The van der Waals surface area contributed by atoms with E-state index in [9.17, 15) is 14.9 Å². The molecular weight excluding hydrogens is 392 g/mol. The van der Waals surface area contributed by atoms with Gasteiger partial charge < -0.3 is 14.5 Å². The number of aromatic nitrogens is 1. The van der Waals surface area contributed by atoms with Crippen LogP contribution in [0.4, 0.5) is 10.8 Å². The van der Waals surface area contributed by atoms with Gasteiger partial charge in [-0.25, -0.2) is 4.98 Å². The number of anilines is 1. The zero-order chi connectivity index (χ0) is 20.4. The van der Waals surface area contributed by atoms with Crippen molar-refractivity contribution in [3.8, 4) is 5.75 Å². The fourth-order valence-corrected chi connectivity index (χ4v) is 4.37. The van der Waals surface area contributed by atoms with E-state index in [0.29, 0.717) is 13.1 Å². The van der Waals surface area contributed by atoms with Gasteiger partial charge in [-0.05, 0) is 23.8 Å². The smallest absolute Gasteiger partial charge is 0.269 e. The number of carbonyl (C=O) groups is 1. The number of hydrogen-bond donors (Lipinski definition) is 0. The number of piperazine rings is 1. The molecule has 0 spiro atoms. The summed E-state index contributed by atoms with van der Waals surface area (Å²) in [5.41, 5.74) is 1.76. The first-order valence-electron chi connectivity index (χ1n) is 9.24. The van der Waals surface area contributed by atoms with Crippen LogP contribution in [0.3, 0.4) is 0 Å². The van der Waals surface area contributed by atoms with Crippen LogP contribution in [0.15, 0.2) is 42.5 Å². The topological polar surface area (TPSA) is 88.8 Å². The Morgan fingerprint density at radius 3 is 2.55 bits per heavy atom. The van der Waals surface area contributed by atoms with E-state index in [1.807, 2.05) is 23.1 Å². The van der Waals surface area contributed by atoms with Gasteiger partial charge in [0.05, 0.1) is 28.7 Å². The Balaban J connectivity index is 1.36. The second kappa shape index (κ2) is 8.04. The summed E-state index contributed by atoms with van der Waals surface area (Å²) >= 11 is 1.63. The molecule has 8 nitrogen and oxygen atoms in total. The van der Waals surface area contributed by atoms with Crippen molar-refractivity contribution in [1.29, 1.82) is 0 Å². The predicted molar refractivity (Wildman–Crippen MR) is 112 cm³/mol. The van der Waals surface area contributed by atoms with E-state index in [4.69, 9.17) is 9.72 Å². The van der Waals surface area contributed by atoms with Gasteiger partial charge in [-0.1, -0.05) is 23.5 Å². The molecule has 0 saturated carbocycles. The number of thiazole rings is 1. The Labute approximate surface area is 171 Å². The normalized spacial score (nSPS) is 14.2. The molecule has 1 saturated heterocycles. The van der Waals surface area contributed by atoms with Crippen molar-refractivity contribution in [2.45, 2.75) is 6.42 Å². The number of nitrogens with zero attached hydrogens (tertiary/aromatic N) is 4. The Kier molecular flexibility index (Phi) is 5.30. The first-order chi connectivity index (χ1) is 14.0. The van der Waals surface area contributed by atoms with Gasteiger partial charge in [0.15, 0.2) is 5.13 Å². The van der Waals surface area contributed by atoms with Gasteiger partial charge in [0.25, 0.3) is 5.69 Å². The minimum Gasteiger partial charge on any atom is -0.497 e. The SMILES string of the molecule is COc1ccc2nc(N3CCN(C(=O)Cc4ccc([N+](=O)[O-])cc4)CC3)sc2c1. The van der Waals surface area contributed by atoms with E-state index in [1.165, 1.54) is 12.1 Å². The summed E-state index contributed by atoms with van der Waals surface area (Å²) in [5, 5.41) is 11.7. The molecule has 1 aromatic heterocycles. The maximum absolute atomic E-state index is 12.6. The van der Waals surface area contributed by atoms with Gasteiger partial charge in [-0.3, -0.25) is 14.9 Å². The number of ether oxygens (including phenoxy) is 1. The Bertz CT molecular complexity index is 1040. The fraction of sp³-hybridized carbons (Fsp3) is 0.300. The van der Waals surface area contributed by atoms with E-state index in [0.717, 1.165) is 39.8 Å². The molecule has 4 rings (SSSR count). The van der Waals surface area contributed by atoms with E-state index < -0.39 is 4.92 Å². The second-order valence-corrected chi connectivity index (χ2v) is 7.81. The van der Waals surface area contributed by atoms with E-state index in [1.54, 1.807) is 30.6 Å². The summed E-state index contributed by atoms with van der Waals surface area (Å²) in [7, 11) is 1.65. The second-order valence-electron chi connectivity index (χ2n) is 6.80. The van der Waals surface area contributed by atoms with Gasteiger partial charge in [-0.15, -0.1) is 0 Å². The van der Waals surface area contributed by atoms with Crippen LogP contribution in [0, 0.1) is 10.1 Å². The van der Waals surface area contributed by atoms with Gasteiger partial charge >= 0.3 is 0 Å². The number of nitro benzene ring substituents is 1. The van der Waals surface area contributed by atoms with Gasteiger partial charge in [0, 0.05) is 38.3 Å². The maximum Gasteiger partial charge on any atom is 0.269 e. The van der Waals surface area contributed by atoms with Gasteiger partial charge in [0.1, 0.15) is 5.75 Å². The molecule has 29 heavy (non-hydrogen) atoms. The summed E-state index contributed by atoms with van der Waals surface area (Å²) in [6.07, 6.45) is 0.249. The number of benzene rings is 2. The third kappa shape index (κ3) is 4.14. The van der Waals surface area contributed by atoms with Crippen LogP contribution in [-0.2, 0) is 11.2 Å². The van der Waals surface area contributed by atoms with Crippen LogP contribution >= 0.6 is 11.3 Å². The number of amides is 1. The molecule has 1 aliphatic rings. The first kappa shape index (κ1) is 19.1. The van der Waals surface area contributed by atoms with Crippen molar-refractivity contribution in [2.24, 2.45) is 0 Å². The highest BCUT2D eigenvalue weighted by molar-refractivity contribution is 7.22. The monoisotopic (exact) mass is 412 g/mol. The number of methoxy groups -OCH3 is 1.